The molecule has 1 heterocycles. The van der Waals surface area contributed by atoms with Gasteiger partial charge in [0, 0.05) is 11.5 Å². The fourth-order valence-corrected chi connectivity index (χ4v) is 4.30. The van der Waals surface area contributed by atoms with Crippen molar-refractivity contribution >= 4 is 11.0 Å². The number of nitrogens with one attached hydrogen (secondary N) is 1. The van der Waals surface area contributed by atoms with Crippen LogP contribution in [0.1, 0.15) is 41.9 Å². The molecule has 0 spiro atoms. The normalized spacial score (nSPS) is 16.1. The Morgan fingerprint density at radius 3 is 2.93 bits per heavy atom. The first-order valence-electron chi connectivity index (χ1n) is 10.1. The summed E-state index contributed by atoms with van der Waals surface area (Å²) >= 11 is 0. The molecule has 0 amide bonds. The van der Waals surface area contributed by atoms with Gasteiger partial charge in [-0.1, -0.05) is 24.3 Å². The SMILES string of the molecule is COc1cccc2c1CCCC2CCNCCc1ccc2ccc(=O)oc2c1. The van der Waals surface area contributed by atoms with Crippen LogP contribution in [0.15, 0.2) is 57.7 Å². The first-order valence-corrected chi connectivity index (χ1v) is 10.1. The molecular formula is C24H27NO3. The molecule has 1 atom stereocenters. The molecule has 4 heteroatoms. The summed E-state index contributed by atoms with van der Waals surface area (Å²) in [6.45, 7) is 1.92. The van der Waals surface area contributed by atoms with Gasteiger partial charge in [0.25, 0.3) is 0 Å². The van der Waals surface area contributed by atoms with Gasteiger partial charge in [-0.2, -0.15) is 0 Å². The minimum Gasteiger partial charge on any atom is -0.496 e. The molecule has 146 valence electrons. The maximum atomic E-state index is 11.4. The van der Waals surface area contributed by atoms with Crippen LogP contribution in [0.3, 0.4) is 0 Å². The van der Waals surface area contributed by atoms with E-state index in [1.807, 2.05) is 12.1 Å². The molecule has 0 aliphatic heterocycles. The highest BCUT2D eigenvalue weighted by molar-refractivity contribution is 5.76. The number of ether oxygens (including phenoxy) is 1. The molecular weight excluding hydrogens is 350 g/mol. The third kappa shape index (κ3) is 4.12. The molecule has 0 saturated heterocycles. The van der Waals surface area contributed by atoms with Crippen LogP contribution in [-0.2, 0) is 12.8 Å². The van der Waals surface area contributed by atoms with E-state index in [9.17, 15) is 4.79 Å². The molecule has 0 radical (unpaired) electrons. The van der Waals surface area contributed by atoms with E-state index in [0.29, 0.717) is 11.5 Å². The van der Waals surface area contributed by atoms with E-state index in [2.05, 4.69) is 29.6 Å². The molecule has 1 N–H and O–H groups in total. The van der Waals surface area contributed by atoms with E-state index >= 15 is 0 Å². The van der Waals surface area contributed by atoms with E-state index in [4.69, 9.17) is 9.15 Å². The largest absolute Gasteiger partial charge is 0.496 e. The van der Waals surface area contributed by atoms with E-state index in [-0.39, 0.29) is 5.63 Å². The smallest absolute Gasteiger partial charge is 0.336 e. The van der Waals surface area contributed by atoms with Gasteiger partial charge in [-0.05, 0) is 86.0 Å². The Bertz CT molecular complexity index is 1010. The van der Waals surface area contributed by atoms with Gasteiger partial charge in [0.15, 0.2) is 0 Å². The zero-order valence-corrected chi connectivity index (χ0v) is 16.4. The van der Waals surface area contributed by atoms with E-state index in [0.717, 1.165) is 43.5 Å². The lowest BCUT2D eigenvalue weighted by Gasteiger charge is -2.27. The van der Waals surface area contributed by atoms with Crippen molar-refractivity contribution in [1.82, 2.24) is 5.32 Å². The number of methoxy groups -OCH3 is 1. The van der Waals surface area contributed by atoms with Crippen LogP contribution in [0.5, 0.6) is 5.75 Å². The van der Waals surface area contributed by atoms with Crippen molar-refractivity contribution < 1.29 is 9.15 Å². The summed E-state index contributed by atoms with van der Waals surface area (Å²) in [6, 6.07) is 15.8. The average molecular weight is 377 g/mol. The molecule has 0 fully saturated rings. The summed E-state index contributed by atoms with van der Waals surface area (Å²) in [4.78, 5) is 11.4. The van der Waals surface area contributed by atoms with Gasteiger partial charge in [0.1, 0.15) is 11.3 Å². The van der Waals surface area contributed by atoms with Crippen molar-refractivity contribution in [3.63, 3.8) is 0 Å². The maximum Gasteiger partial charge on any atom is 0.336 e. The zero-order chi connectivity index (χ0) is 19.3. The Morgan fingerprint density at radius 1 is 1.14 bits per heavy atom. The summed E-state index contributed by atoms with van der Waals surface area (Å²) in [5.74, 6) is 1.65. The molecule has 2 aromatic carbocycles. The number of hydrogen-bond donors (Lipinski definition) is 1. The second-order valence-electron chi connectivity index (χ2n) is 7.53. The van der Waals surface area contributed by atoms with Crippen LogP contribution in [0.2, 0.25) is 0 Å². The second-order valence-corrected chi connectivity index (χ2v) is 7.53. The highest BCUT2D eigenvalue weighted by Crippen LogP contribution is 2.38. The lowest BCUT2D eigenvalue weighted by molar-refractivity contribution is 0.401. The zero-order valence-electron chi connectivity index (χ0n) is 16.4. The van der Waals surface area contributed by atoms with Gasteiger partial charge in [0.2, 0.25) is 0 Å². The third-order valence-electron chi connectivity index (χ3n) is 5.76. The Labute approximate surface area is 165 Å². The van der Waals surface area contributed by atoms with Crippen molar-refractivity contribution in [3.8, 4) is 5.75 Å². The highest BCUT2D eigenvalue weighted by Gasteiger charge is 2.22. The number of hydrogen-bond acceptors (Lipinski definition) is 4. The highest BCUT2D eigenvalue weighted by atomic mass is 16.5. The Balaban J connectivity index is 1.30. The molecule has 4 nitrogen and oxygen atoms in total. The number of rotatable bonds is 7. The summed E-state index contributed by atoms with van der Waals surface area (Å²) < 4.78 is 10.8. The summed E-state index contributed by atoms with van der Waals surface area (Å²) in [7, 11) is 1.76. The fraction of sp³-hybridized carbons (Fsp3) is 0.375. The van der Waals surface area contributed by atoms with Crippen LogP contribution >= 0.6 is 0 Å². The van der Waals surface area contributed by atoms with Gasteiger partial charge in [-0.25, -0.2) is 4.79 Å². The predicted octanol–water partition coefficient (Wildman–Crippen LogP) is 4.44. The lowest BCUT2D eigenvalue weighted by atomic mass is 9.80. The van der Waals surface area contributed by atoms with Crippen LogP contribution in [0.25, 0.3) is 11.0 Å². The number of fused-ring (bicyclic) bond motifs is 2. The van der Waals surface area contributed by atoms with Crippen molar-refractivity contribution in [2.24, 2.45) is 0 Å². The molecule has 1 aliphatic carbocycles. The van der Waals surface area contributed by atoms with Crippen molar-refractivity contribution in [2.45, 2.75) is 38.0 Å². The van der Waals surface area contributed by atoms with E-state index in [1.165, 1.54) is 35.6 Å². The molecule has 4 rings (SSSR count). The maximum absolute atomic E-state index is 11.4. The minimum atomic E-state index is -0.299. The average Bonchev–Trinajstić information content (AvgIpc) is 2.72. The van der Waals surface area contributed by atoms with Gasteiger partial charge in [-0.3, -0.25) is 0 Å². The van der Waals surface area contributed by atoms with Crippen LogP contribution < -0.4 is 15.7 Å². The van der Waals surface area contributed by atoms with Crippen molar-refractivity contribution in [3.05, 3.63) is 75.6 Å². The standard InChI is InChI=1S/C24H27NO3/c1-27-22-7-3-5-20-18(4-2-6-21(20)22)13-15-25-14-12-17-8-9-19-10-11-24(26)28-23(19)16-17/h3,5,7-11,16,18,25H,2,4,6,12-15H2,1H3. The summed E-state index contributed by atoms with van der Waals surface area (Å²) in [5, 5.41) is 4.54. The number of benzene rings is 2. The molecule has 0 bridgehead atoms. The monoisotopic (exact) mass is 377 g/mol. The predicted molar refractivity (Wildman–Crippen MR) is 112 cm³/mol. The van der Waals surface area contributed by atoms with Crippen molar-refractivity contribution in [1.29, 1.82) is 0 Å². The van der Waals surface area contributed by atoms with E-state index < -0.39 is 0 Å². The minimum absolute atomic E-state index is 0.299. The molecule has 28 heavy (non-hydrogen) atoms. The van der Waals surface area contributed by atoms with Gasteiger partial charge in [-0.15, -0.1) is 0 Å². The first kappa shape index (κ1) is 18.8. The lowest BCUT2D eigenvalue weighted by Crippen LogP contribution is -2.22. The molecule has 1 aliphatic rings. The third-order valence-corrected chi connectivity index (χ3v) is 5.76. The van der Waals surface area contributed by atoms with Gasteiger partial charge < -0.3 is 14.5 Å². The summed E-state index contributed by atoms with van der Waals surface area (Å²) in [6.07, 6.45) is 5.68. The quantitative estimate of drug-likeness (QED) is 0.488. The van der Waals surface area contributed by atoms with Crippen LogP contribution in [0, 0.1) is 0 Å². The summed E-state index contributed by atoms with van der Waals surface area (Å²) in [5.41, 5.74) is 4.42. The Hall–Kier alpha value is -2.59. The molecule has 1 unspecified atom stereocenters. The van der Waals surface area contributed by atoms with Gasteiger partial charge >= 0.3 is 5.63 Å². The Kier molecular flexibility index (Phi) is 5.77. The van der Waals surface area contributed by atoms with Gasteiger partial charge in [0.05, 0.1) is 7.11 Å². The molecule has 0 saturated carbocycles. The first-order chi connectivity index (χ1) is 13.7. The topological polar surface area (TPSA) is 51.5 Å². The van der Waals surface area contributed by atoms with Crippen molar-refractivity contribution in [2.75, 3.05) is 20.2 Å². The second kappa shape index (κ2) is 8.61. The van der Waals surface area contributed by atoms with Crippen LogP contribution in [-0.4, -0.2) is 20.2 Å². The van der Waals surface area contributed by atoms with Crippen LogP contribution in [0.4, 0.5) is 0 Å². The molecule has 1 aromatic heterocycles. The Morgan fingerprint density at radius 2 is 2.04 bits per heavy atom. The molecule has 3 aromatic rings. The van der Waals surface area contributed by atoms with E-state index in [1.54, 1.807) is 13.2 Å². The fourth-order valence-electron chi connectivity index (χ4n) is 4.30.